The van der Waals surface area contributed by atoms with Gasteiger partial charge in [-0.1, -0.05) is 18.2 Å². The molecule has 0 saturated carbocycles. The summed E-state index contributed by atoms with van der Waals surface area (Å²) < 4.78 is 41.3. The van der Waals surface area contributed by atoms with E-state index < -0.39 is 11.9 Å². The van der Waals surface area contributed by atoms with Crippen LogP contribution in [0.15, 0.2) is 47.5 Å². The molecule has 142 valence electrons. The minimum atomic E-state index is -4.78. The highest BCUT2D eigenvalue weighted by atomic mass is 19.4. The first-order valence-electron chi connectivity index (χ1n) is 8.03. The Balaban J connectivity index is 1.97. The summed E-state index contributed by atoms with van der Waals surface area (Å²) in [6.07, 6.45) is -4.69. The number of aliphatic imine (C=N–C) groups is 1. The van der Waals surface area contributed by atoms with Crippen LogP contribution < -0.4 is 10.5 Å². The molecule has 3 rings (SSSR count). The summed E-state index contributed by atoms with van der Waals surface area (Å²) in [6.45, 7) is 1.74. The van der Waals surface area contributed by atoms with E-state index in [2.05, 4.69) is 14.7 Å². The van der Waals surface area contributed by atoms with E-state index in [0.29, 0.717) is 17.0 Å². The first-order chi connectivity index (χ1) is 12.6. The van der Waals surface area contributed by atoms with Gasteiger partial charge in [-0.05, 0) is 31.2 Å². The first kappa shape index (κ1) is 18.7. The van der Waals surface area contributed by atoms with E-state index in [1.54, 1.807) is 31.2 Å². The molecule has 1 aromatic carbocycles. The fourth-order valence-electron chi connectivity index (χ4n) is 2.80. The van der Waals surface area contributed by atoms with Crippen LogP contribution in [-0.4, -0.2) is 35.2 Å². The summed E-state index contributed by atoms with van der Waals surface area (Å²) >= 11 is 0. The van der Waals surface area contributed by atoms with Crippen LogP contribution in [0, 0.1) is 0 Å². The normalized spacial score (nSPS) is 20.4. The minimum Gasteiger partial charge on any atom is -0.406 e. The molecule has 1 aliphatic heterocycles. The summed E-state index contributed by atoms with van der Waals surface area (Å²) in [6, 6.07) is 10.6. The van der Waals surface area contributed by atoms with Crippen molar-refractivity contribution in [3.63, 3.8) is 0 Å². The van der Waals surface area contributed by atoms with E-state index >= 15 is 0 Å². The number of amides is 1. The Morgan fingerprint density at radius 2 is 1.93 bits per heavy atom. The number of benzene rings is 1. The third kappa shape index (κ3) is 4.02. The number of guanidine groups is 1. The topological polar surface area (TPSA) is 80.8 Å². The number of pyridine rings is 1. The highest BCUT2D eigenvalue weighted by Gasteiger charge is 2.37. The lowest BCUT2D eigenvalue weighted by Crippen LogP contribution is -2.47. The quantitative estimate of drug-likeness (QED) is 0.890. The van der Waals surface area contributed by atoms with E-state index in [4.69, 9.17) is 5.73 Å². The highest BCUT2D eigenvalue weighted by molar-refractivity contribution is 5.98. The minimum absolute atomic E-state index is 0.0812. The van der Waals surface area contributed by atoms with Gasteiger partial charge in [0.15, 0.2) is 5.96 Å². The number of hydrogen-bond donors (Lipinski definition) is 1. The Bertz CT molecular complexity index is 913. The zero-order chi connectivity index (χ0) is 19.8. The summed E-state index contributed by atoms with van der Waals surface area (Å²) in [5.74, 6) is -0.450. The SMILES string of the molecule is CN1C(=O)C[C@@](C)(c2cccc(-c3cccc(OC(F)(F)F)c3)n2)N=C1N. The molecule has 0 fully saturated rings. The van der Waals surface area contributed by atoms with Crippen LogP contribution in [0.1, 0.15) is 19.0 Å². The molecule has 0 unspecified atom stereocenters. The molecule has 27 heavy (non-hydrogen) atoms. The molecule has 0 aliphatic carbocycles. The third-order valence-corrected chi connectivity index (χ3v) is 4.24. The number of carbonyl (C=O) groups excluding carboxylic acids is 1. The standard InChI is InChI=1S/C18H17F3N4O2/c1-17(10-15(26)25(2)16(22)24-17)14-8-4-7-13(23-14)11-5-3-6-12(9-11)27-18(19,20)21/h3-9H,10H2,1-2H3,(H2,22,24)/t17-/m0/s1. The van der Waals surface area contributed by atoms with E-state index in [9.17, 15) is 18.0 Å². The van der Waals surface area contributed by atoms with Gasteiger partial charge < -0.3 is 10.5 Å². The molecule has 2 heterocycles. The van der Waals surface area contributed by atoms with Crippen LogP contribution in [0.2, 0.25) is 0 Å². The number of aromatic nitrogens is 1. The molecule has 1 atom stereocenters. The summed E-state index contributed by atoms with van der Waals surface area (Å²) in [7, 11) is 1.54. The lowest BCUT2D eigenvalue weighted by Gasteiger charge is -2.33. The van der Waals surface area contributed by atoms with Gasteiger partial charge in [0.1, 0.15) is 11.3 Å². The van der Waals surface area contributed by atoms with E-state index in [0.717, 1.165) is 0 Å². The van der Waals surface area contributed by atoms with Crippen molar-refractivity contribution in [2.45, 2.75) is 25.2 Å². The Morgan fingerprint density at radius 3 is 2.59 bits per heavy atom. The highest BCUT2D eigenvalue weighted by Crippen LogP contribution is 2.33. The molecular weight excluding hydrogens is 361 g/mol. The molecule has 1 aromatic heterocycles. The van der Waals surface area contributed by atoms with Crippen molar-refractivity contribution in [2.75, 3.05) is 7.05 Å². The van der Waals surface area contributed by atoms with Gasteiger partial charge in [0.2, 0.25) is 5.91 Å². The molecule has 0 saturated heterocycles. The van der Waals surface area contributed by atoms with Gasteiger partial charge in [-0.15, -0.1) is 13.2 Å². The van der Waals surface area contributed by atoms with Crippen LogP contribution in [0.5, 0.6) is 5.75 Å². The van der Waals surface area contributed by atoms with Crippen LogP contribution in [0.3, 0.4) is 0 Å². The largest absolute Gasteiger partial charge is 0.573 e. The van der Waals surface area contributed by atoms with Gasteiger partial charge in [0, 0.05) is 12.6 Å². The molecule has 1 aliphatic rings. The third-order valence-electron chi connectivity index (χ3n) is 4.24. The summed E-state index contributed by atoms with van der Waals surface area (Å²) in [4.78, 5) is 22.3. The Labute approximate surface area is 153 Å². The molecule has 0 bridgehead atoms. The van der Waals surface area contributed by atoms with Gasteiger partial charge >= 0.3 is 6.36 Å². The maximum Gasteiger partial charge on any atom is 0.573 e. The summed E-state index contributed by atoms with van der Waals surface area (Å²) in [5, 5.41) is 0. The van der Waals surface area contributed by atoms with Crippen LogP contribution in [0.25, 0.3) is 11.3 Å². The van der Waals surface area contributed by atoms with E-state index in [1.807, 2.05) is 0 Å². The van der Waals surface area contributed by atoms with Crippen LogP contribution in [-0.2, 0) is 10.3 Å². The predicted molar refractivity (Wildman–Crippen MR) is 92.7 cm³/mol. The van der Waals surface area contributed by atoms with Crippen molar-refractivity contribution in [2.24, 2.45) is 10.7 Å². The smallest absolute Gasteiger partial charge is 0.406 e. The lowest BCUT2D eigenvalue weighted by molar-refractivity contribution is -0.274. The Morgan fingerprint density at radius 1 is 1.22 bits per heavy atom. The first-order valence-corrected chi connectivity index (χ1v) is 8.03. The Kier molecular flexibility index (Phi) is 4.54. The molecule has 9 heteroatoms. The Hall–Kier alpha value is -3.10. The molecular formula is C18H17F3N4O2. The van der Waals surface area contributed by atoms with Crippen molar-refractivity contribution in [3.05, 3.63) is 48.2 Å². The van der Waals surface area contributed by atoms with Crippen LogP contribution >= 0.6 is 0 Å². The second-order valence-corrected chi connectivity index (χ2v) is 6.36. The molecule has 2 aromatic rings. The lowest BCUT2D eigenvalue weighted by atomic mass is 9.91. The average molecular weight is 378 g/mol. The van der Waals surface area contributed by atoms with Crippen molar-refractivity contribution in [1.82, 2.24) is 9.88 Å². The molecule has 0 spiro atoms. The van der Waals surface area contributed by atoms with Gasteiger partial charge in [-0.25, -0.2) is 4.99 Å². The monoisotopic (exact) mass is 378 g/mol. The number of carbonyl (C=O) groups is 1. The zero-order valence-electron chi connectivity index (χ0n) is 14.6. The van der Waals surface area contributed by atoms with Crippen molar-refractivity contribution in [1.29, 1.82) is 0 Å². The summed E-state index contributed by atoms with van der Waals surface area (Å²) in [5.41, 5.74) is 6.23. The average Bonchev–Trinajstić information content (AvgIpc) is 2.58. The number of halogens is 3. The van der Waals surface area contributed by atoms with Gasteiger partial charge in [-0.3, -0.25) is 14.7 Å². The van der Waals surface area contributed by atoms with E-state index in [-0.39, 0.29) is 24.0 Å². The molecule has 1 amide bonds. The fourth-order valence-corrected chi connectivity index (χ4v) is 2.80. The number of nitrogens with two attached hydrogens (primary N) is 1. The molecule has 2 N–H and O–H groups in total. The maximum absolute atomic E-state index is 12.4. The van der Waals surface area contributed by atoms with Crippen molar-refractivity contribution in [3.8, 4) is 17.0 Å². The number of nitrogens with zero attached hydrogens (tertiary/aromatic N) is 3. The van der Waals surface area contributed by atoms with Crippen molar-refractivity contribution >= 4 is 11.9 Å². The zero-order valence-corrected chi connectivity index (χ0v) is 14.6. The fraction of sp³-hybridized carbons (Fsp3) is 0.278. The second-order valence-electron chi connectivity index (χ2n) is 6.36. The molecule has 6 nitrogen and oxygen atoms in total. The number of rotatable bonds is 3. The van der Waals surface area contributed by atoms with Crippen molar-refractivity contribution < 1.29 is 22.7 Å². The predicted octanol–water partition coefficient (Wildman–Crippen LogP) is 3.04. The van der Waals surface area contributed by atoms with E-state index in [1.165, 1.54) is 30.1 Å². The van der Waals surface area contributed by atoms with Gasteiger partial charge in [-0.2, -0.15) is 0 Å². The van der Waals surface area contributed by atoms with Gasteiger partial charge in [0.05, 0.1) is 17.8 Å². The van der Waals surface area contributed by atoms with Gasteiger partial charge in [0.25, 0.3) is 0 Å². The maximum atomic E-state index is 12.4. The molecule has 0 radical (unpaired) electrons. The number of alkyl halides is 3. The number of hydrogen-bond acceptors (Lipinski definition) is 5. The second kappa shape index (κ2) is 6.57. The number of ether oxygens (including phenoxy) is 1. The van der Waals surface area contributed by atoms with Crippen LogP contribution in [0.4, 0.5) is 13.2 Å².